The van der Waals surface area contributed by atoms with Crippen LogP contribution in [0.5, 0.6) is 0 Å². The van der Waals surface area contributed by atoms with Gasteiger partial charge >= 0.3 is 30.1 Å². The van der Waals surface area contributed by atoms with Gasteiger partial charge in [-0.2, -0.15) is 4.57 Å². The van der Waals surface area contributed by atoms with Crippen LogP contribution >= 0.6 is 0 Å². The summed E-state index contributed by atoms with van der Waals surface area (Å²) in [6, 6.07) is 3.16. The quantitative estimate of drug-likeness (QED) is 0.359. The zero-order chi connectivity index (χ0) is 21.6. The summed E-state index contributed by atoms with van der Waals surface area (Å²) >= 11 is 0. The van der Waals surface area contributed by atoms with Crippen molar-refractivity contribution in [1.29, 1.82) is 0 Å². The summed E-state index contributed by atoms with van der Waals surface area (Å²) in [4.78, 5) is 46.5. The van der Waals surface area contributed by atoms with Gasteiger partial charge in [-0.05, 0) is 13.0 Å². The van der Waals surface area contributed by atoms with E-state index in [1.807, 2.05) is 0 Å². The summed E-state index contributed by atoms with van der Waals surface area (Å²) in [6.45, 7) is 5.34. The Labute approximate surface area is 167 Å². The monoisotopic (exact) mass is 410 g/mol. The molecule has 1 saturated heterocycles. The number of esters is 4. The normalized spacial score (nSPS) is 23.2. The Kier molecular flexibility index (Phi) is 7.66. The van der Waals surface area contributed by atoms with Crippen molar-refractivity contribution in [3.63, 3.8) is 0 Å². The molecule has 10 heteroatoms. The fourth-order valence-corrected chi connectivity index (χ4v) is 2.92. The zero-order valence-electron chi connectivity index (χ0n) is 16.7. The van der Waals surface area contributed by atoms with Crippen LogP contribution in [0.3, 0.4) is 0 Å². The highest BCUT2D eigenvalue weighted by atomic mass is 16.7. The second-order valence-corrected chi connectivity index (χ2v) is 6.28. The lowest BCUT2D eigenvalue weighted by Crippen LogP contribution is -2.48. The van der Waals surface area contributed by atoms with Crippen LogP contribution in [-0.4, -0.2) is 55.4 Å². The molecule has 1 aliphatic heterocycles. The van der Waals surface area contributed by atoms with E-state index in [9.17, 15) is 19.2 Å². The van der Waals surface area contributed by atoms with E-state index in [1.54, 1.807) is 25.3 Å². The Balaban J connectivity index is 2.37. The van der Waals surface area contributed by atoms with E-state index in [0.29, 0.717) is 0 Å². The molecule has 1 aliphatic rings. The largest absolute Gasteiger partial charge is 0.463 e. The number of nitrogens with zero attached hydrogens (tertiary/aromatic N) is 1. The molecule has 1 fully saturated rings. The molecule has 0 saturated carbocycles. The summed E-state index contributed by atoms with van der Waals surface area (Å²) in [5.74, 6) is -2.30. The number of ether oxygens (including phenoxy) is 5. The first kappa shape index (κ1) is 22.3. The van der Waals surface area contributed by atoms with Crippen LogP contribution in [-0.2, 0) is 38.1 Å². The molecule has 1 aromatic rings. The SMILES string of the molecule is CCOC(=O)c1ccc[n+]([C@@H]2O[C@H](COC(C)=O)[C@H](OC(C)=O)[C@@H]2OC(C)=O)c1. The molecule has 1 aromatic heterocycles. The summed E-state index contributed by atoms with van der Waals surface area (Å²) < 4.78 is 28.0. The number of hydrogen-bond donors (Lipinski definition) is 0. The Hall–Kier alpha value is -3.01. The molecule has 0 N–H and O–H groups in total. The van der Waals surface area contributed by atoms with Crippen LogP contribution in [0.15, 0.2) is 24.5 Å². The van der Waals surface area contributed by atoms with Crippen LogP contribution in [0.25, 0.3) is 0 Å². The zero-order valence-corrected chi connectivity index (χ0v) is 16.7. The van der Waals surface area contributed by atoms with Crippen molar-refractivity contribution in [2.24, 2.45) is 0 Å². The average molecular weight is 410 g/mol. The van der Waals surface area contributed by atoms with Gasteiger partial charge in [-0.1, -0.05) is 0 Å². The molecule has 2 rings (SSSR count). The predicted octanol–water partition coefficient (Wildman–Crippen LogP) is 0.475. The van der Waals surface area contributed by atoms with Crippen LogP contribution in [0.4, 0.5) is 0 Å². The first-order valence-corrected chi connectivity index (χ1v) is 9.04. The smallest absolute Gasteiger partial charge is 0.344 e. The summed E-state index contributed by atoms with van der Waals surface area (Å²) in [7, 11) is 0. The van der Waals surface area contributed by atoms with Crippen molar-refractivity contribution in [3.8, 4) is 0 Å². The Morgan fingerprint density at radius 3 is 2.24 bits per heavy atom. The van der Waals surface area contributed by atoms with Crippen molar-refractivity contribution in [3.05, 3.63) is 30.1 Å². The minimum absolute atomic E-state index is 0.209. The minimum atomic E-state index is -1.03. The van der Waals surface area contributed by atoms with E-state index in [-0.39, 0.29) is 18.8 Å². The fraction of sp³-hybridized carbons (Fsp3) is 0.526. The lowest BCUT2D eigenvalue weighted by atomic mass is 10.1. The van der Waals surface area contributed by atoms with Crippen molar-refractivity contribution < 1.29 is 47.4 Å². The van der Waals surface area contributed by atoms with Crippen molar-refractivity contribution >= 4 is 23.9 Å². The lowest BCUT2D eigenvalue weighted by Gasteiger charge is -2.21. The maximum Gasteiger partial charge on any atom is 0.344 e. The Morgan fingerprint density at radius 2 is 1.66 bits per heavy atom. The minimum Gasteiger partial charge on any atom is -0.463 e. The maximum absolute atomic E-state index is 12.0. The molecule has 0 amide bonds. The molecule has 0 aromatic carbocycles. The Bertz CT molecular complexity index is 779. The lowest BCUT2D eigenvalue weighted by molar-refractivity contribution is -0.765. The van der Waals surface area contributed by atoms with Gasteiger partial charge in [0, 0.05) is 26.8 Å². The van der Waals surface area contributed by atoms with E-state index in [1.165, 1.54) is 31.5 Å². The molecule has 0 bridgehead atoms. The van der Waals surface area contributed by atoms with Gasteiger partial charge in [-0.15, -0.1) is 0 Å². The predicted molar refractivity (Wildman–Crippen MR) is 94.2 cm³/mol. The standard InChI is InChI=1S/C19H24NO9/c1-5-25-19(24)14-7-6-8-20(9-14)18-17(28-13(4)23)16(27-12(3)22)15(29-18)10-26-11(2)21/h6-9,15-18H,5,10H2,1-4H3/q+1/t15-,16+,17+,18-/m1/s1. The third-order valence-corrected chi connectivity index (χ3v) is 3.97. The van der Waals surface area contributed by atoms with Gasteiger partial charge in [0.2, 0.25) is 6.10 Å². The third kappa shape index (κ3) is 5.98. The molecule has 0 aliphatic carbocycles. The van der Waals surface area contributed by atoms with Gasteiger partial charge in [-0.3, -0.25) is 14.4 Å². The Morgan fingerprint density at radius 1 is 1.00 bits per heavy atom. The van der Waals surface area contributed by atoms with Crippen LogP contribution in [0.1, 0.15) is 44.3 Å². The first-order valence-electron chi connectivity index (χ1n) is 9.04. The highest BCUT2D eigenvalue weighted by Gasteiger charge is 2.54. The number of rotatable bonds is 7. The van der Waals surface area contributed by atoms with Gasteiger partial charge in [0.1, 0.15) is 18.3 Å². The van der Waals surface area contributed by atoms with Gasteiger partial charge < -0.3 is 23.7 Å². The van der Waals surface area contributed by atoms with Crippen molar-refractivity contribution in [2.45, 2.75) is 52.2 Å². The van der Waals surface area contributed by atoms with Crippen LogP contribution in [0, 0.1) is 0 Å². The average Bonchev–Trinajstić information content (AvgIpc) is 2.96. The third-order valence-electron chi connectivity index (χ3n) is 3.97. The molecule has 0 spiro atoms. The number of carbonyl (C=O) groups is 4. The molecule has 10 nitrogen and oxygen atoms in total. The van der Waals surface area contributed by atoms with E-state index < -0.39 is 48.4 Å². The second kappa shape index (κ2) is 9.97. The number of carbonyl (C=O) groups excluding carboxylic acids is 4. The summed E-state index contributed by atoms with van der Waals surface area (Å²) in [6.07, 6.45) is -0.783. The maximum atomic E-state index is 12.0. The second-order valence-electron chi connectivity index (χ2n) is 6.28. The van der Waals surface area contributed by atoms with Crippen molar-refractivity contribution in [2.75, 3.05) is 13.2 Å². The molecular weight excluding hydrogens is 386 g/mol. The van der Waals surface area contributed by atoms with Crippen LogP contribution in [0.2, 0.25) is 0 Å². The van der Waals surface area contributed by atoms with E-state index >= 15 is 0 Å². The molecule has 4 atom stereocenters. The summed E-state index contributed by atoms with van der Waals surface area (Å²) in [5, 5.41) is 0. The van der Waals surface area contributed by atoms with Gasteiger partial charge in [-0.25, -0.2) is 4.79 Å². The fourth-order valence-electron chi connectivity index (χ4n) is 2.92. The van der Waals surface area contributed by atoms with E-state index in [0.717, 1.165) is 0 Å². The highest BCUT2D eigenvalue weighted by molar-refractivity contribution is 5.88. The molecule has 0 unspecified atom stereocenters. The van der Waals surface area contributed by atoms with Crippen molar-refractivity contribution in [1.82, 2.24) is 0 Å². The topological polar surface area (TPSA) is 118 Å². The van der Waals surface area contributed by atoms with Gasteiger partial charge in [0.15, 0.2) is 18.5 Å². The van der Waals surface area contributed by atoms with E-state index in [4.69, 9.17) is 23.7 Å². The van der Waals surface area contributed by atoms with Gasteiger partial charge in [0.25, 0.3) is 0 Å². The van der Waals surface area contributed by atoms with Crippen LogP contribution < -0.4 is 4.57 Å². The molecular formula is C19H24NO9+. The number of hydrogen-bond acceptors (Lipinski definition) is 9. The summed E-state index contributed by atoms with van der Waals surface area (Å²) in [5.41, 5.74) is 0.256. The molecule has 158 valence electrons. The van der Waals surface area contributed by atoms with E-state index in [2.05, 4.69) is 0 Å². The number of aromatic nitrogens is 1. The first-order chi connectivity index (χ1) is 13.7. The number of pyridine rings is 1. The highest BCUT2D eigenvalue weighted by Crippen LogP contribution is 2.31. The van der Waals surface area contributed by atoms with Gasteiger partial charge in [0.05, 0.1) is 6.61 Å². The molecule has 0 radical (unpaired) electrons. The molecule has 29 heavy (non-hydrogen) atoms. The molecule has 2 heterocycles.